The Hall–Kier alpha value is -2.36. The van der Waals surface area contributed by atoms with Crippen LogP contribution in [0.2, 0.25) is 0 Å². The lowest BCUT2D eigenvalue weighted by molar-refractivity contribution is -0.140. The SMILES string of the molecule is COC(=O)CCC/C=C\C[C@H]1C(=O)C[C@@H](C)[C@@H]1/C=C/[C@@H](C)COc1ccccc1. The van der Waals surface area contributed by atoms with Crippen LogP contribution in [-0.2, 0) is 14.3 Å². The fourth-order valence-corrected chi connectivity index (χ4v) is 3.77. The van der Waals surface area contributed by atoms with Crippen LogP contribution in [0, 0.1) is 23.7 Å². The molecule has 0 amide bonds. The Kier molecular flexibility index (Phi) is 9.69. The van der Waals surface area contributed by atoms with Crippen molar-refractivity contribution in [3.05, 3.63) is 54.6 Å². The summed E-state index contributed by atoms with van der Waals surface area (Å²) in [5.74, 6) is 2.06. The first-order valence-electron chi connectivity index (χ1n) is 10.6. The Balaban J connectivity index is 1.81. The molecule has 1 aliphatic carbocycles. The van der Waals surface area contributed by atoms with Crippen molar-refractivity contribution in [2.45, 2.75) is 46.0 Å². The molecule has 1 aromatic carbocycles. The van der Waals surface area contributed by atoms with E-state index in [4.69, 9.17) is 4.74 Å². The van der Waals surface area contributed by atoms with Gasteiger partial charge in [0, 0.05) is 24.7 Å². The Bertz CT molecular complexity index is 692. The maximum atomic E-state index is 12.4. The molecule has 0 aliphatic heterocycles. The lowest BCUT2D eigenvalue weighted by atomic mass is 9.86. The van der Waals surface area contributed by atoms with Gasteiger partial charge in [-0.3, -0.25) is 9.59 Å². The second-order valence-electron chi connectivity index (χ2n) is 7.99. The lowest BCUT2D eigenvalue weighted by Gasteiger charge is -2.18. The number of ether oxygens (including phenoxy) is 2. The van der Waals surface area contributed by atoms with E-state index in [0.717, 1.165) is 25.0 Å². The van der Waals surface area contributed by atoms with Gasteiger partial charge in [0.05, 0.1) is 13.7 Å². The summed E-state index contributed by atoms with van der Waals surface area (Å²) in [5.41, 5.74) is 0. The largest absolute Gasteiger partial charge is 0.493 e. The van der Waals surface area contributed by atoms with Crippen LogP contribution in [0.3, 0.4) is 0 Å². The second-order valence-corrected chi connectivity index (χ2v) is 7.99. The molecule has 0 aromatic heterocycles. The van der Waals surface area contributed by atoms with Gasteiger partial charge in [0.1, 0.15) is 11.5 Å². The van der Waals surface area contributed by atoms with Gasteiger partial charge in [-0.2, -0.15) is 0 Å². The zero-order valence-corrected chi connectivity index (χ0v) is 17.9. The number of ketones is 1. The molecule has 0 N–H and O–H groups in total. The molecule has 0 radical (unpaired) electrons. The molecular formula is C25H34O4. The molecule has 0 heterocycles. The average molecular weight is 399 g/mol. The van der Waals surface area contributed by atoms with Crippen LogP contribution in [0.5, 0.6) is 5.75 Å². The fourth-order valence-electron chi connectivity index (χ4n) is 3.77. The van der Waals surface area contributed by atoms with E-state index in [1.165, 1.54) is 7.11 Å². The van der Waals surface area contributed by atoms with Crippen LogP contribution in [-0.4, -0.2) is 25.5 Å². The number of carbonyl (C=O) groups is 2. The summed E-state index contributed by atoms with van der Waals surface area (Å²) in [6.45, 7) is 4.93. The Morgan fingerprint density at radius 3 is 2.72 bits per heavy atom. The third kappa shape index (κ3) is 7.88. The van der Waals surface area contributed by atoms with E-state index in [9.17, 15) is 9.59 Å². The van der Waals surface area contributed by atoms with E-state index >= 15 is 0 Å². The van der Waals surface area contributed by atoms with Crippen LogP contribution in [0.25, 0.3) is 0 Å². The summed E-state index contributed by atoms with van der Waals surface area (Å²) in [7, 11) is 1.41. The Labute approximate surface area is 175 Å². The topological polar surface area (TPSA) is 52.6 Å². The van der Waals surface area contributed by atoms with Gasteiger partial charge in [-0.15, -0.1) is 0 Å². The Morgan fingerprint density at radius 1 is 1.24 bits per heavy atom. The molecule has 0 bridgehead atoms. The number of methoxy groups -OCH3 is 1. The minimum absolute atomic E-state index is 0.0559. The number of esters is 1. The molecule has 0 unspecified atom stereocenters. The average Bonchev–Trinajstić information content (AvgIpc) is 3.00. The number of carbonyl (C=O) groups excluding carboxylic acids is 2. The van der Waals surface area contributed by atoms with Gasteiger partial charge in [0.25, 0.3) is 0 Å². The van der Waals surface area contributed by atoms with Crippen molar-refractivity contribution in [3.8, 4) is 5.75 Å². The highest BCUT2D eigenvalue weighted by atomic mass is 16.5. The summed E-state index contributed by atoms with van der Waals surface area (Å²) in [6.07, 6.45) is 12.1. The van der Waals surface area contributed by atoms with Gasteiger partial charge < -0.3 is 9.47 Å². The molecule has 4 atom stereocenters. The van der Waals surface area contributed by atoms with Gasteiger partial charge in [0.2, 0.25) is 0 Å². The summed E-state index contributed by atoms with van der Waals surface area (Å²) in [5, 5.41) is 0. The number of hydrogen-bond acceptors (Lipinski definition) is 4. The highest BCUT2D eigenvalue weighted by molar-refractivity contribution is 5.84. The van der Waals surface area contributed by atoms with E-state index in [0.29, 0.717) is 31.1 Å². The molecule has 2 rings (SSSR count). The number of benzene rings is 1. The third-order valence-corrected chi connectivity index (χ3v) is 5.51. The molecular weight excluding hydrogens is 364 g/mol. The lowest BCUT2D eigenvalue weighted by Crippen LogP contribution is -2.15. The van der Waals surface area contributed by atoms with Crippen LogP contribution >= 0.6 is 0 Å². The summed E-state index contributed by atoms with van der Waals surface area (Å²) in [4.78, 5) is 23.6. The number of allylic oxidation sites excluding steroid dienone is 3. The normalized spacial score (nSPS) is 23.0. The van der Waals surface area contributed by atoms with Crippen molar-refractivity contribution in [3.63, 3.8) is 0 Å². The first kappa shape index (κ1) is 22.9. The quantitative estimate of drug-likeness (QED) is 0.285. The summed E-state index contributed by atoms with van der Waals surface area (Å²) < 4.78 is 10.5. The summed E-state index contributed by atoms with van der Waals surface area (Å²) >= 11 is 0. The number of unbranched alkanes of at least 4 members (excludes halogenated alkanes) is 1. The minimum atomic E-state index is -0.172. The zero-order valence-electron chi connectivity index (χ0n) is 17.9. The third-order valence-electron chi connectivity index (χ3n) is 5.51. The molecule has 158 valence electrons. The van der Waals surface area contributed by atoms with E-state index in [-0.39, 0.29) is 23.7 Å². The van der Waals surface area contributed by atoms with Crippen molar-refractivity contribution >= 4 is 11.8 Å². The van der Waals surface area contributed by atoms with Gasteiger partial charge in [-0.05, 0) is 43.2 Å². The first-order chi connectivity index (χ1) is 14.0. The van der Waals surface area contributed by atoms with E-state index in [1.54, 1.807) is 0 Å². The fraction of sp³-hybridized carbons (Fsp3) is 0.520. The minimum Gasteiger partial charge on any atom is -0.493 e. The van der Waals surface area contributed by atoms with E-state index in [2.05, 4.69) is 42.9 Å². The monoisotopic (exact) mass is 398 g/mol. The smallest absolute Gasteiger partial charge is 0.305 e. The molecule has 4 heteroatoms. The summed E-state index contributed by atoms with van der Waals surface area (Å²) in [6, 6.07) is 9.83. The highest BCUT2D eigenvalue weighted by Gasteiger charge is 2.37. The van der Waals surface area contributed by atoms with Crippen LogP contribution in [0.15, 0.2) is 54.6 Å². The van der Waals surface area contributed by atoms with Crippen LogP contribution in [0.1, 0.15) is 46.0 Å². The van der Waals surface area contributed by atoms with Crippen molar-refractivity contribution in [1.82, 2.24) is 0 Å². The van der Waals surface area contributed by atoms with Crippen LogP contribution in [0.4, 0.5) is 0 Å². The maximum absolute atomic E-state index is 12.4. The predicted octanol–water partition coefficient (Wildman–Crippen LogP) is 5.39. The molecule has 1 fully saturated rings. The van der Waals surface area contributed by atoms with Crippen molar-refractivity contribution in [2.75, 3.05) is 13.7 Å². The van der Waals surface area contributed by atoms with Crippen molar-refractivity contribution < 1.29 is 19.1 Å². The molecule has 1 aromatic rings. The number of para-hydroxylation sites is 1. The van der Waals surface area contributed by atoms with Crippen molar-refractivity contribution in [1.29, 1.82) is 0 Å². The zero-order chi connectivity index (χ0) is 21.1. The molecule has 29 heavy (non-hydrogen) atoms. The van der Waals surface area contributed by atoms with Gasteiger partial charge in [-0.25, -0.2) is 0 Å². The molecule has 1 aliphatic rings. The molecule has 1 saturated carbocycles. The molecule has 0 spiro atoms. The van der Waals surface area contributed by atoms with Crippen LogP contribution < -0.4 is 4.74 Å². The highest BCUT2D eigenvalue weighted by Crippen LogP contribution is 2.37. The van der Waals surface area contributed by atoms with Gasteiger partial charge in [-0.1, -0.05) is 56.4 Å². The van der Waals surface area contributed by atoms with E-state index < -0.39 is 0 Å². The number of Topliss-reactive ketones (excluding diaryl/α,β-unsaturated/α-hetero) is 1. The second kappa shape index (κ2) is 12.3. The van der Waals surface area contributed by atoms with Crippen molar-refractivity contribution in [2.24, 2.45) is 23.7 Å². The van der Waals surface area contributed by atoms with E-state index in [1.807, 2.05) is 30.3 Å². The first-order valence-corrected chi connectivity index (χ1v) is 10.6. The Morgan fingerprint density at radius 2 is 2.00 bits per heavy atom. The molecule has 4 nitrogen and oxygen atoms in total. The number of rotatable bonds is 11. The predicted molar refractivity (Wildman–Crippen MR) is 116 cm³/mol. The molecule has 0 saturated heterocycles. The maximum Gasteiger partial charge on any atom is 0.305 e. The standard InChI is InChI=1S/C25H34O4/c1-19(18-29-21-11-7-6-8-12-21)15-16-22-20(2)17-24(26)23(22)13-9-4-5-10-14-25(27)28-3/h4,6-9,11-12,15-16,19-20,22-23H,5,10,13-14,17-18H2,1-3H3/b9-4-,16-15+/t19-,20-,22+,23-/m1/s1. The van der Waals surface area contributed by atoms with Gasteiger partial charge >= 0.3 is 5.97 Å². The number of hydrogen-bond donors (Lipinski definition) is 0. The van der Waals surface area contributed by atoms with Gasteiger partial charge in [0.15, 0.2) is 0 Å².